The highest BCUT2D eigenvalue weighted by Crippen LogP contribution is 2.48. The lowest BCUT2D eigenvalue weighted by molar-refractivity contribution is 0.404. The average molecular weight is 576 g/mol. The van der Waals surface area contributed by atoms with Crippen LogP contribution < -0.4 is 9.41 Å². The van der Waals surface area contributed by atoms with Gasteiger partial charge in [-0.3, -0.25) is 0 Å². The van der Waals surface area contributed by atoms with Crippen LogP contribution in [0, 0.1) is 27.7 Å². The fraction of sp³-hybridized carbons (Fsp3) is 0.243. The molecule has 0 unspecified atom stereocenters. The lowest BCUT2D eigenvalue weighted by Crippen LogP contribution is -2.27. The Labute approximate surface area is 249 Å². The van der Waals surface area contributed by atoms with Crippen molar-refractivity contribution in [3.8, 4) is 5.75 Å². The highest BCUT2D eigenvalue weighted by atomic mass is 31.1. The van der Waals surface area contributed by atoms with Crippen molar-refractivity contribution >= 4 is 40.9 Å². The topological polar surface area (TPSA) is 38.8 Å². The Kier molecular flexibility index (Phi) is 7.62. The van der Waals surface area contributed by atoms with Gasteiger partial charge in [-0.2, -0.15) is 4.67 Å². The van der Waals surface area contributed by atoms with Crippen LogP contribution in [0.5, 0.6) is 5.75 Å². The fourth-order valence-electron chi connectivity index (χ4n) is 6.17. The second-order valence-corrected chi connectivity index (χ2v) is 12.5. The van der Waals surface area contributed by atoms with Crippen molar-refractivity contribution < 1.29 is 13.1 Å². The standard InChI is InChI=1S/C37H38NO3P/c1-23-19-21-34-36(25(23)3)37-26(4)24(2)20-22-35(37)41-42(40-34)38(28(6)31-15-10-11-18-33(31)39-7)27(5)30-17-12-14-29-13-8-9-16-32(29)30/h8-22,27-28H,1-7H3/t27-,28-/m0/s1. The van der Waals surface area contributed by atoms with E-state index in [1.165, 1.54) is 38.6 Å². The Hall–Kier alpha value is -3.98. The van der Waals surface area contributed by atoms with Gasteiger partial charge in [0.25, 0.3) is 0 Å². The molecular formula is C37H38NO3P. The smallest absolute Gasteiger partial charge is 0.310 e. The quantitative estimate of drug-likeness (QED) is 0.198. The highest BCUT2D eigenvalue weighted by molar-refractivity contribution is 7.39. The van der Waals surface area contributed by atoms with Gasteiger partial charge < -0.3 is 13.1 Å². The maximum atomic E-state index is 7.03. The van der Waals surface area contributed by atoms with Gasteiger partial charge in [0.15, 0.2) is 0 Å². The monoisotopic (exact) mass is 575 g/mol. The first-order valence-corrected chi connectivity index (χ1v) is 15.7. The Morgan fingerprint density at radius 1 is 0.619 bits per heavy atom. The number of rotatable bonds is 6. The van der Waals surface area contributed by atoms with Crippen molar-refractivity contribution in [3.05, 3.63) is 124 Å². The van der Waals surface area contributed by atoms with Crippen LogP contribution in [0.3, 0.4) is 0 Å². The third kappa shape index (κ3) is 4.79. The summed E-state index contributed by atoms with van der Waals surface area (Å²) in [4.78, 5) is 0. The van der Waals surface area contributed by atoms with E-state index >= 15 is 0 Å². The Morgan fingerprint density at radius 3 is 1.79 bits per heavy atom. The number of para-hydroxylation sites is 1. The van der Waals surface area contributed by atoms with E-state index in [0.29, 0.717) is 0 Å². The van der Waals surface area contributed by atoms with Gasteiger partial charge in [0.2, 0.25) is 0 Å². The van der Waals surface area contributed by atoms with Crippen LogP contribution in [0.2, 0.25) is 0 Å². The number of methoxy groups -OCH3 is 1. The van der Waals surface area contributed by atoms with E-state index in [1.807, 2.05) is 12.1 Å². The van der Waals surface area contributed by atoms with E-state index in [2.05, 4.69) is 125 Å². The van der Waals surface area contributed by atoms with Crippen LogP contribution >= 0.6 is 8.16 Å². The van der Waals surface area contributed by atoms with Gasteiger partial charge in [-0.05, 0) is 98.3 Å². The summed E-state index contributed by atoms with van der Waals surface area (Å²) in [6, 6.07) is 31.8. The summed E-state index contributed by atoms with van der Waals surface area (Å²) >= 11 is 0. The molecule has 214 valence electrons. The van der Waals surface area contributed by atoms with Gasteiger partial charge in [0, 0.05) is 28.4 Å². The lowest BCUT2D eigenvalue weighted by Gasteiger charge is -2.33. The van der Waals surface area contributed by atoms with Crippen LogP contribution in [0.4, 0.5) is 0 Å². The minimum Gasteiger partial charge on any atom is -0.496 e. The zero-order valence-electron chi connectivity index (χ0n) is 25.4. The summed E-state index contributed by atoms with van der Waals surface area (Å²) in [6.07, 6.45) is 0. The Morgan fingerprint density at radius 2 is 1.14 bits per heavy atom. The zero-order chi connectivity index (χ0) is 29.5. The van der Waals surface area contributed by atoms with Gasteiger partial charge in [-0.15, -0.1) is 0 Å². The maximum absolute atomic E-state index is 7.03. The molecule has 0 saturated heterocycles. The second kappa shape index (κ2) is 11.4. The number of fused-ring (bicyclic) bond motifs is 4. The molecule has 0 fully saturated rings. The summed E-state index contributed by atoms with van der Waals surface area (Å²) in [5.41, 5.74) is 8.94. The predicted octanol–water partition coefficient (Wildman–Crippen LogP) is 11.1. The molecule has 6 aromatic rings. The van der Waals surface area contributed by atoms with E-state index in [-0.39, 0.29) is 12.1 Å². The summed E-state index contributed by atoms with van der Waals surface area (Å²) in [5, 5.41) is 4.70. The van der Waals surface area contributed by atoms with Gasteiger partial charge in [0.05, 0.1) is 7.11 Å². The van der Waals surface area contributed by atoms with E-state index in [4.69, 9.17) is 13.1 Å². The molecule has 42 heavy (non-hydrogen) atoms. The largest absolute Gasteiger partial charge is 0.496 e. The van der Waals surface area contributed by atoms with E-state index in [0.717, 1.165) is 33.3 Å². The van der Waals surface area contributed by atoms with Crippen molar-refractivity contribution in [3.63, 3.8) is 0 Å². The number of aryl methyl sites for hydroxylation is 4. The van der Waals surface area contributed by atoms with Crippen molar-refractivity contribution in [1.29, 1.82) is 0 Å². The molecule has 1 aromatic heterocycles. The zero-order valence-corrected chi connectivity index (χ0v) is 26.3. The molecule has 0 saturated carbocycles. The molecule has 2 atom stereocenters. The third-order valence-electron chi connectivity index (χ3n) is 8.84. The highest BCUT2D eigenvalue weighted by Gasteiger charge is 2.31. The summed E-state index contributed by atoms with van der Waals surface area (Å²) < 4.78 is 22.3. The lowest BCUT2D eigenvalue weighted by atomic mass is 9.97. The maximum Gasteiger partial charge on any atom is 0.310 e. The second-order valence-electron chi connectivity index (χ2n) is 11.2. The number of nitrogens with zero attached hydrogens (tertiary/aromatic N) is 1. The van der Waals surface area contributed by atoms with Gasteiger partial charge in [-0.1, -0.05) is 72.8 Å². The normalized spacial score (nSPS) is 13.1. The number of benzene rings is 5. The molecule has 6 rings (SSSR count). The van der Waals surface area contributed by atoms with Crippen molar-refractivity contribution in [2.24, 2.45) is 0 Å². The van der Waals surface area contributed by atoms with Crippen molar-refractivity contribution in [2.45, 2.75) is 53.6 Å². The summed E-state index contributed by atoms with van der Waals surface area (Å²) in [6.45, 7) is 13.2. The first-order valence-electron chi connectivity index (χ1n) is 14.6. The van der Waals surface area contributed by atoms with Crippen LogP contribution in [0.25, 0.3) is 32.7 Å². The molecule has 0 bridgehead atoms. The molecule has 0 spiro atoms. The summed E-state index contributed by atoms with van der Waals surface area (Å²) in [7, 11) is 0.133. The Balaban J connectivity index is 1.70. The molecule has 0 aliphatic rings. The molecule has 4 nitrogen and oxygen atoms in total. The van der Waals surface area contributed by atoms with Crippen LogP contribution in [-0.2, 0) is 0 Å². The van der Waals surface area contributed by atoms with Gasteiger partial charge in [0.1, 0.15) is 16.9 Å². The first kappa shape index (κ1) is 28.2. The molecule has 0 aliphatic carbocycles. The Bertz CT molecular complexity index is 1900. The first-order chi connectivity index (χ1) is 20.3. The van der Waals surface area contributed by atoms with Crippen LogP contribution in [0.1, 0.15) is 59.3 Å². The molecule has 0 radical (unpaired) electrons. The van der Waals surface area contributed by atoms with E-state index in [9.17, 15) is 0 Å². The number of ether oxygens (including phenoxy) is 1. The minimum absolute atomic E-state index is 0.0368. The number of hydrogen-bond acceptors (Lipinski definition) is 4. The third-order valence-corrected chi connectivity index (χ3v) is 10.6. The van der Waals surface area contributed by atoms with E-state index in [1.54, 1.807) is 7.11 Å². The molecule has 0 N–H and O–H groups in total. The van der Waals surface area contributed by atoms with E-state index < -0.39 is 8.16 Å². The molecular weight excluding hydrogens is 537 g/mol. The SMILES string of the molecule is COc1ccccc1[C@H](C)N([C@@H](C)c1cccc2ccccc12)p1oc2ccc(C)c(C)c2c2c(C)c(C)ccc2o1. The van der Waals surface area contributed by atoms with Crippen LogP contribution in [-0.4, -0.2) is 7.11 Å². The fourth-order valence-corrected chi connectivity index (χ4v) is 7.85. The molecule has 0 amide bonds. The van der Waals surface area contributed by atoms with Crippen molar-refractivity contribution in [2.75, 3.05) is 11.8 Å². The number of hydrogen-bond donors (Lipinski definition) is 0. The van der Waals surface area contributed by atoms with Crippen molar-refractivity contribution in [1.82, 2.24) is 0 Å². The average Bonchev–Trinajstić information content (AvgIpc) is 3.18. The molecule has 5 aromatic carbocycles. The predicted molar refractivity (Wildman–Crippen MR) is 177 cm³/mol. The molecule has 5 heteroatoms. The molecule has 0 aliphatic heterocycles. The van der Waals surface area contributed by atoms with Gasteiger partial charge in [-0.25, -0.2) is 0 Å². The molecule has 1 heterocycles. The van der Waals surface area contributed by atoms with Gasteiger partial charge >= 0.3 is 8.16 Å². The summed E-state index contributed by atoms with van der Waals surface area (Å²) in [5.74, 6) is 0.851. The van der Waals surface area contributed by atoms with Crippen LogP contribution in [0.15, 0.2) is 99.4 Å². The minimum atomic E-state index is -1.60.